The van der Waals surface area contributed by atoms with E-state index in [0.29, 0.717) is 36.5 Å². The Morgan fingerprint density at radius 3 is 2.30 bits per heavy atom. The predicted octanol–water partition coefficient (Wildman–Crippen LogP) is 5.08. The molecule has 0 aliphatic carbocycles. The summed E-state index contributed by atoms with van der Waals surface area (Å²) in [5.74, 6) is 0.556. The van der Waals surface area contributed by atoms with Crippen molar-refractivity contribution in [3.05, 3.63) is 96.7 Å². The monoisotopic (exact) mass is 440 g/mol. The second kappa shape index (κ2) is 10.8. The first kappa shape index (κ1) is 21.8. The first-order valence-electron chi connectivity index (χ1n) is 10.7. The van der Waals surface area contributed by atoms with Crippen LogP contribution >= 0.6 is 0 Å². The molecule has 3 N–H and O–H groups in total. The lowest BCUT2D eigenvalue weighted by Crippen LogP contribution is -2.25. The fraction of sp³-hybridized carbons (Fsp3) is 0.115. The Morgan fingerprint density at radius 2 is 1.52 bits per heavy atom. The van der Waals surface area contributed by atoms with Crippen molar-refractivity contribution in [1.29, 1.82) is 0 Å². The molecule has 0 aliphatic heterocycles. The van der Waals surface area contributed by atoms with Crippen molar-refractivity contribution in [1.82, 2.24) is 10.3 Å². The summed E-state index contributed by atoms with van der Waals surface area (Å²) < 4.78 is 5.84. The zero-order valence-electron chi connectivity index (χ0n) is 18.0. The lowest BCUT2D eigenvalue weighted by atomic mass is 10.2. The molecule has 0 radical (unpaired) electrons. The van der Waals surface area contributed by atoms with Gasteiger partial charge in [-0.15, -0.1) is 0 Å². The Morgan fingerprint density at radius 1 is 0.788 bits per heavy atom. The number of ether oxygens (including phenoxy) is 1. The molecule has 166 valence electrons. The highest BCUT2D eigenvalue weighted by molar-refractivity contribution is 6.00. The van der Waals surface area contributed by atoms with Crippen molar-refractivity contribution in [2.75, 3.05) is 23.8 Å². The molecular weight excluding hydrogens is 416 g/mol. The van der Waals surface area contributed by atoms with Crippen molar-refractivity contribution in [2.24, 2.45) is 0 Å². The number of urea groups is 1. The molecular formula is C26H24N4O3. The van der Waals surface area contributed by atoms with Gasteiger partial charge in [-0.05, 0) is 55.0 Å². The summed E-state index contributed by atoms with van der Waals surface area (Å²) >= 11 is 0. The molecule has 0 fully saturated rings. The van der Waals surface area contributed by atoms with E-state index in [0.717, 1.165) is 16.7 Å². The summed E-state index contributed by atoms with van der Waals surface area (Å²) in [5.41, 5.74) is 2.64. The Hall–Kier alpha value is -4.39. The lowest BCUT2D eigenvalue weighted by molar-refractivity contribution is 0.0951. The summed E-state index contributed by atoms with van der Waals surface area (Å²) in [6, 6.07) is 25.3. The van der Waals surface area contributed by atoms with Crippen molar-refractivity contribution < 1.29 is 14.3 Å². The van der Waals surface area contributed by atoms with Gasteiger partial charge in [0.2, 0.25) is 0 Å². The van der Waals surface area contributed by atoms with Crippen LogP contribution in [0.15, 0.2) is 91.1 Å². The molecule has 0 bridgehead atoms. The van der Waals surface area contributed by atoms with Gasteiger partial charge < -0.3 is 20.7 Å². The van der Waals surface area contributed by atoms with Gasteiger partial charge in [-0.1, -0.05) is 36.4 Å². The molecule has 7 nitrogen and oxygen atoms in total. The van der Waals surface area contributed by atoms with Crippen LogP contribution in [0.4, 0.5) is 16.2 Å². The molecule has 1 heterocycles. The summed E-state index contributed by atoms with van der Waals surface area (Å²) in [6.07, 6.45) is 2.40. The second-order valence-electron chi connectivity index (χ2n) is 7.31. The number of benzene rings is 3. The smallest absolute Gasteiger partial charge is 0.323 e. The number of pyridine rings is 1. The first-order chi connectivity index (χ1) is 16.2. The third kappa shape index (κ3) is 6.07. The number of para-hydroxylation sites is 2. The van der Waals surface area contributed by atoms with Gasteiger partial charge in [0.15, 0.2) is 0 Å². The molecule has 4 rings (SSSR count). The highest BCUT2D eigenvalue weighted by atomic mass is 16.5. The number of nitrogens with zero attached hydrogens (tertiary/aromatic N) is 1. The van der Waals surface area contributed by atoms with Gasteiger partial charge in [-0.25, -0.2) is 4.79 Å². The summed E-state index contributed by atoms with van der Waals surface area (Å²) in [5, 5.41) is 9.39. The van der Waals surface area contributed by atoms with Gasteiger partial charge in [-0.3, -0.25) is 9.78 Å². The van der Waals surface area contributed by atoms with Crippen LogP contribution in [0.5, 0.6) is 5.75 Å². The Kier molecular flexibility index (Phi) is 7.12. The van der Waals surface area contributed by atoms with Gasteiger partial charge in [-0.2, -0.15) is 0 Å². The number of nitrogens with one attached hydrogen (secondary N) is 3. The highest BCUT2D eigenvalue weighted by Crippen LogP contribution is 2.22. The van der Waals surface area contributed by atoms with Crippen molar-refractivity contribution in [2.45, 2.75) is 6.42 Å². The van der Waals surface area contributed by atoms with E-state index in [1.807, 2.05) is 48.5 Å². The molecule has 1 aromatic heterocycles. The Bertz CT molecular complexity index is 1220. The predicted molar refractivity (Wildman–Crippen MR) is 130 cm³/mol. The minimum absolute atomic E-state index is 0.179. The Labute approximate surface area is 191 Å². The normalized spacial score (nSPS) is 10.4. The molecule has 0 saturated carbocycles. The number of carbonyl (C=O) groups excluding carboxylic acids is 2. The maximum atomic E-state index is 12.4. The van der Waals surface area contributed by atoms with Crippen LogP contribution in [0.3, 0.4) is 0 Å². The number of hydrogen-bond acceptors (Lipinski definition) is 4. The average Bonchev–Trinajstić information content (AvgIpc) is 2.85. The number of carbonyl (C=O) groups is 2. The number of aromatic nitrogens is 1. The van der Waals surface area contributed by atoms with Gasteiger partial charge in [0.1, 0.15) is 11.3 Å². The molecule has 3 aromatic carbocycles. The van der Waals surface area contributed by atoms with E-state index >= 15 is 0 Å². The fourth-order valence-electron chi connectivity index (χ4n) is 3.27. The second-order valence-corrected chi connectivity index (χ2v) is 7.31. The van der Waals surface area contributed by atoms with Gasteiger partial charge in [0.05, 0.1) is 6.61 Å². The van der Waals surface area contributed by atoms with E-state index < -0.39 is 0 Å². The number of anilines is 2. The van der Waals surface area contributed by atoms with Crippen LogP contribution in [0.2, 0.25) is 0 Å². The van der Waals surface area contributed by atoms with Gasteiger partial charge >= 0.3 is 6.03 Å². The molecule has 3 amide bonds. The standard InChI is InChI=1S/C26H24N4O3/c31-25(28-17-6-18-33-23-11-4-7-19-8-5-16-27-24(19)23)20-12-14-22(15-13-20)30-26(32)29-21-9-2-1-3-10-21/h1-5,7-16H,6,17-18H2,(H,28,31)(H2,29,30,32). The lowest BCUT2D eigenvalue weighted by Gasteiger charge is -2.10. The van der Waals surface area contributed by atoms with Crippen LogP contribution in [0.25, 0.3) is 10.9 Å². The van der Waals surface area contributed by atoms with E-state index in [1.165, 1.54) is 0 Å². The Balaban J connectivity index is 1.20. The van der Waals surface area contributed by atoms with Crippen LogP contribution < -0.4 is 20.7 Å². The quantitative estimate of drug-likeness (QED) is 0.333. The summed E-state index contributed by atoms with van der Waals surface area (Å²) in [6.45, 7) is 0.950. The maximum Gasteiger partial charge on any atom is 0.323 e. The average molecular weight is 441 g/mol. The fourth-order valence-corrected chi connectivity index (χ4v) is 3.27. The topological polar surface area (TPSA) is 92.4 Å². The third-order valence-corrected chi connectivity index (χ3v) is 4.90. The summed E-state index contributed by atoms with van der Waals surface area (Å²) in [7, 11) is 0. The molecule has 0 unspecified atom stereocenters. The van der Waals surface area contributed by atoms with E-state index in [4.69, 9.17) is 4.74 Å². The number of amides is 3. The van der Waals surface area contributed by atoms with Crippen molar-refractivity contribution in [3.8, 4) is 5.75 Å². The number of hydrogen-bond donors (Lipinski definition) is 3. The zero-order valence-corrected chi connectivity index (χ0v) is 18.0. The van der Waals surface area contributed by atoms with E-state index in [1.54, 1.807) is 42.6 Å². The zero-order chi connectivity index (χ0) is 22.9. The molecule has 33 heavy (non-hydrogen) atoms. The molecule has 7 heteroatoms. The SMILES string of the molecule is O=C(Nc1ccccc1)Nc1ccc(C(=O)NCCCOc2cccc3cccnc23)cc1. The van der Waals surface area contributed by atoms with Crippen LogP contribution in [-0.4, -0.2) is 30.1 Å². The third-order valence-electron chi connectivity index (χ3n) is 4.90. The van der Waals surface area contributed by atoms with E-state index in [9.17, 15) is 9.59 Å². The minimum Gasteiger partial charge on any atom is -0.491 e. The van der Waals surface area contributed by atoms with E-state index in [-0.39, 0.29) is 11.9 Å². The van der Waals surface area contributed by atoms with Crippen molar-refractivity contribution >= 4 is 34.2 Å². The molecule has 0 spiro atoms. The molecule has 0 saturated heterocycles. The maximum absolute atomic E-state index is 12.4. The highest BCUT2D eigenvalue weighted by Gasteiger charge is 2.07. The van der Waals surface area contributed by atoms with Gasteiger partial charge in [0, 0.05) is 35.1 Å². The van der Waals surface area contributed by atoms with Crippen LogP contribution in [0, 0.1) is 0 Å². The van der Waals surface area contributed by atoms with E-state index in [2.05, 4.69) is 20.9 Å². The number of fused-ring (bicyclic) bond motifs is 1. The molecule has 0 aliphatic rings. The van der Waals surface area contributed by atoms with Crippen molar-refractivity contribution in [3.63, 3.8) is 0 Å². The summed E-state index contributed by atoms with van der Waals surface area (Å²) in [4.78, 5) is 28.8. The first-order valence-corrected chi connectivity index (χ1v) is 10.7. The molecule has 0 atom stereocenters. The van der Waals surface area contributed by atoms with Crippen LogP contribution in [-0.2, 0) is 0 Å². The molecule has 4 aromatic rings. The van der Waals surface area contributed by atoms with Gasteiger partial charge in [0.25, 0.3) is 5.91 Å². The largest absolute Gasteiger partial charge is 0.491 e. The number of rotatable bonds is 8. The van der Waals surface area contributed by atoms with Crippen LogP contribution in [0.1, 0.15) is 16.8 Å². The minimum atomic E-state index is -0.347.